The Kier molecular flexibility index (Phi) is 6.06. The predicted molar refractivity (Wildman–Crippen MR) is 132 cm³/mol. The van der Waals surface area contributed by atoms with E-state index in [0.29, 0.717) is 13.1 Å². The van der Waals surface area contributed by atoms with Gasteiger partial charge in [0, 0.05) is 37.8 Å². The number of aromatic nitrogens is 3. The number of thiazole rings is 1. The van der Waals surface area contributed by atoms with Crippen molar-refractivity contribution in [3.05, 3.63) is 64.7 Å². The topological polar surface area (TPSA) is 71.5 Å². The quantitative estimate of drug-likeness (QED) is 0.418. The third-order valence-corrected chi connectivity index (χ3v) is 7.84. The highest BCUT2D eigenvalue weighted by Crippen LogP contribution is 2.32. The highest BCUT2D eigenvalue weighted by molar-refractivity contribution is 7.22. The van der Waals surface area contributed by atoms with E-state index >= 15 is 0 Å². The van der Waals surface area contributed by atoms with Crippen LogP contribution in [-0.2, 0) is 0 Å². The molecule has 1 fully saturated rings. The molecule has 1 saturated heterocycles. The standard InChI is InChI=1S/C24H23N5O2S2/c1-16-22(33-23(27-16)20-4-3-13-32-20)24(30)29-11-9-28(10-12-29)21-14-19(25-15-26-21)17-5-7-18(31-2)8-6-17/h3-8,13-15H,9-12H2,1-2H3. The molecule has 0 aliphatic carbocycles. The Bertz CT molecular complexity index is 1250. The van der Waals surface area contributed by atoms with Crippen molar-refractivity contribution >= 4 is 34.4 Å². The van der Waals surface area contributed by atoms with Gasteiger partial charge in [0.2, 0.25) is 0 Å². The van der Waals surface area contributed by atoms with Crippen LogP contribution in [0, 0.1) is 6.92 Å². The fourth-order valence-electron chi connectivity index (χ4n) is 3.82. The third-order valence-electron chi connectivity index (χ3n) is 5.65. The van der Waals surface area contributed by atoms with Crippen LogP contribution in [0.25, 0.3) is 21.1 Å². The molecule has 33 heavy (non-hydrogen) atoms. The fraction of sp³-hybridized carbons (Fsp3) is 0.250. The van der Waals surface area contributed by atoms with Gasteiger partial charge in [0.15, 0.2) is 0 Å². The predicted octanol–water partition coefficient (Wildman–Crippen LogP) is 4.61. The second kappa shape index (κ2) is 9.29. The molecule has 4 heterocycles. The summed E-state index contributed by atoms with van der Waals surface area (Å²) < 4.78 is 5.24. The van der Waals surface area contributed by atoms with Crippen molar-refractivity contribution in [2.75, 3.05) is 38.2 Å². The first-order valence-electron chi connectivity index (χ1n) is 10.6. The molecule has 9 heteroatoms. The molecule has 0 saturated carbocycles. The van der Waals surface area contributed by atoms with E-state index < -0.39 is 0 Å². The Balaban J connectivity index is 1.26. The monoisotopic (exact) mass is 477 g/mol. The number of ether oxygens (including phenoxy) is 1. The molecule has 1 aliphatic rings. The van der Waals surface area contributed by atoms with Gasteiger partial charge in [0.05, 0.1) is 23.4 Å². The smallest absolute Gasteiger partial charge is 0.265 e. The Morgan fingerprint density at radius 2 is 1.85 bits per heavy atom. The number of rotatable bonds is 5. The van der Waals surface area contributed by atoms with Gasteiger partial charge in [-0.05, 0) is 42.6 Å². The van der Waals surface area contributed by atoms with E-state index in [9.17, 15) is 4.79 Å². The van der Waals surface area contributed by atoms with Crippen molar-refractivity contribution in [3.8, 4) is 26.9 Å². The van der Waals surface area contributed by atoms with Crippen molar-refractivity contribution in [3.63, 3.8) is 0 Å². The molecule has 0 radical (unpaired) electrons. The Morgan fingerprint density at radius 3 is 2.55 bits per heavy atom. The minimum Gasteiger partial charge on any atom is -0.497 e. The number of hydrogen-bond donors (Lipinski definition) is 0. The molecule has 1 aliphatic heterocycles. The lowest BCUT2D eigenvalue weighted by Gasteiger charge is -2.35. The highest BCUT2D eigenvalue weighted by atomic mass is 32.1. The summed E-state index contributed by atoms with van der Waals surface area (Å²) in [6.45, 7) is 4.65. The number of amides is 1. The van der Waals surface area contributed by atoms with E-state index in [0.717, 1.165) is 56.4 Å². The molecule has 1 aromatic carbocycles. The number of hydrogen-bond acceptors (Lipinski definition) is 8. The van der Waals surface area contributed by atoms with Crippen LogP contribution in [0.5, 0.6) is 5.75 Å². The van der Waals surface area contributed by atoms with Crippen LogP contribution in [0.2, 0.25) is 0 Å². The molecule has 0 N–H and O–H groups in total. The Hall–Kier alpha value is -3.30. The first-order chi connectivity index (χ1) is 16.1. The number of carbonyl (C=O) groups excluding carboxylic acids is 1. The van der Waals surface area contributed by atoms with E-state index in [1.54, 1.807) is 24.8 Å². The van der Waals surface area contributed by atoms with Gasteiger partial charge in [0.25, 0.3) is 5.91 Å². The van der Waals surface area contributed by atoms with Crippen molar-refractivity contribution in [1.82, 2.24) is 19.9 Å². The second-order valence-electron chi connectivity index (χ2n) is 7.68. The van der Waals surface area contributed by atoms with E-state index in [1.807, 2.05) is 59.7 Å². The van der Waals surface area contributed by atoms with Gasteiger partial charge in [-0.3, -0.25) is 4.79 Å². The fourth-order valence-corrected chi connectivity index (χ4v) is 5.65. The normalized spacial score (nSPS) is 13.9. The van der Waals surface area contributed by atoms with Crippen LogP contribution in [0.3, 0.4) is 0 Å². The largest absolute Gasteiger partial charge is 0.497 e. The molecule has 0 bridgehead atoms. The second-order valence-corrected chi connectivity index (χ2v) is 9.63. The van der Waals surface area contributed by atoms with Crippen LogP contribution in [0.1, 0.15) is 15.4 Å². The van der Waals surface area contributed by atoms with E-state index in [-0.39, 0.29) is 5.91 Å². The summed E-state index contributed by atoms with van der Waals surface area (Å²) in [6.07, 6.45) is 1.60. The van der Waals surface area contributed by atoms with Gasteiger partial charge in [0.1, 0.15) is 27.8 Å². The number of thiophene rings is 1. The van der Waals surface area contributed by atoms with Crippen LogP contribution < -0.4 is 9.64 Å². The molecule has 0 atom stereocenters. The molecular weight excluding hydrogens is 454 g/mol. The number of carbonyl (C=O) groups is 1. The number of aryl methyl sites for hydroxylation is 1. The van der Waals surface area contributed by atoms with Crippen LogP contribution in [0.4, 0.5) is 5.82 Å². The summed E-state index contributed by atoms with van der Waals surface area (Å²) in [4.78, 5) is 32.7. The summed E-state index contributed by atoms with van der Waals surface area (Å²) >= 11 is 3.13. The minimum atomic E-state index is 0.0639. The maximum atomic E-state index is 13.2. The van der Waals surface area contributed by atoms with Gasteiger partial charge in [-0.25, -0.2) is 15.0 Å². The number of piperazine rings is 1. The molecule has 5 rings (SSSR count). The zero-order valence-corrected chi connectivity index (χ0v) is 20.0. The zero-order valence-electron chi connectivity index (χ0n) is 18.4. The molecular formula is C24H23N5O2S2. The molecule has 0 spiro atoms. The maximum absolute atomic E-state index is 13.2. The van der Waals surface area contributed by atoms with E-state index in [4.69, 9.17) is 4.74 Å². The third kappa shape index (κ3) is 4.46. The first-order valence-corrected chi connectivity index (χ1v) is 12.3. The first kappa shape index (κ1) is 21.5. The van der Waals surface area contributed by atoms with Gasteiger partial charge < -0.3 is 14.5 Å². The van der Waals surface area contributed by atoms with Gasteiger partial charge >= 0.3 is 0 Å². The average molecular weight is 478 g/mol. The van der Waals surface area contributed by atoms with Crippen LogP contribution in [-0.4, -0.2) is 59.0 Å². The van der Waals surface area contributed by atoms with Crippen molar-refractivity contribution in [2.45, 2.75) is 6.92 Å². The lowest BCUT2D eigenvalue weighted by molar-refractivity contribution is 0.0750. The summed E-state index contributed by atoms with van der Waals surface area (Å²) in [6, 6.07) is 13.9. The highest BCUT2D eigenvalue weighted by Gasteiger charge is 2.26. The summed E-state index contributed by atoms with van der Waals surface area (Å²) in [7, 11) is 1.65. The molecule has 0 unspecified atom stereocenters. The van der Waals surface area contributed by atoms with E-state index in [2.05, 4.69) is 19.9 Å². The van der Waals surface area contributed by atoms with Crippen LogP contribution >= 0.6 is 22.7 Å². The number of benzene rings is 1. The lowest BCUT2D eigenvalue weighted by atomic mass is 10.1. The summed E-state index contributed by atoms with van der Waals surface area (Å²) in [5.41, 5.74) is 2.67. The molecule has 168 valence electrons. The summed E-state index contributed by atoms with van der Waals surface area (Å²) in [5, 5.41) is 2.94. The number of methoxy groups -OCH3 is 1. The number of anilines is 1. The average Bonchev–Trinajstić information content (AvgIpc) is 3.54. The van der Waals surface area contributed by atoms with Gasteiger partial charge in [-0.2, -0.15) is 0 Å². The maximum Gasteiger partial charge on any atom is 0.265 e. The van der Waals surface area contributed by atoms with Crippen molar-refractivity contribution in [1.29, 1.82) is 0 Å². The van der Waals surface area contributed by atoms with Gasteiger partial charge in [-0.15, -0.1) is 22.7 Å². The SMILES string of the molecule is COc1ccc(-c2cc(N3CCN(C(=O)c4sc(-c5cccs5)nc4C)CC3)ncn2)cc1. The lowest BCUT2D eigenvalue weighted by Crippen LogP contribution is -2.49. The number of nitrogens with zero attached hydrogens (tertiary/aromatic N) is 5. The Labute approximate surface area is 200 Å². The molecule has 1 amide bonds. The molecule has 4 aromatic rings. The van der Waals surface area contributed by atoms with Crippen molar-refractivity contribution in [2.24, 2.45) is 0 Å². The minimum absolute atomic E-state index is 0.0639. The van der Waals surface area contributed by atoms with E-state index in [1.165, 1.54) is 11.3 Å². The Morgan fingerprint density at radius 1 is 1.06 bits per heavy atom. The van der Waals surface area contributed by atoms with Crippen LogP contribution in [0.15, 0.2) is 54.2 Å². The summed E-state index contributed by atoms with van der Waals surface area (Å²) in [5.74, 6) is 1.75. The van der Waals surface area contributed by atoms with Gasteiger partial charge in [-0.1, -0.05) is 6.07 Å². The van der Waals surface area contributed by atoms with Crippen molar-refractivity contribution < 1.29 is 9.53 Å². The molecule has 7 nitrogen and oxygen atoms in total. The zero-order chi connectivity index (χ0) is 22.8. The molecule has 3 aromatic heterocycles.